The minimum Gasteiger partial charge on any atom is -0.458 e. The minimum atomic E-state index is -0.576. The first-order chi connectivity index (χ1) is 17.4. The van der Waals surface area contributed by atoms with Gasteiger partial charge >= 0.3 is 23.9 Å². The highest BCUT2D eigenvalue weighted by molar-refractivity contribution is 5.92. The lowest BCUT2D eigenvalue weighted by Gasteiger charge is -2.08. The summed E-state index contributed by atoms with van der Waals surface area (Å²) in [4.78, 5) is 47.0. The summed E-state index contributed by atoms with van der Waals surface area (Å²) in [5.41, 5.74) is 2.04. The van der Waals surface area contributed by atoms with Crippen LogP contribution >= 0.6 is 0 Å². The van der Waals surface area contributed by atoms with Crippen molar-refractivity contribution in [2.45, 2.75) is 13.2 Å². The van der Waals surface area contributed by atoms with Crippen LogP contribution in [0.5, 0.6) is 11.5 Å². The van der Waals surface area contributed by atoms with Crippen LogP contribution in [0.3, 0.4) is 0 Å². The fraction of sp³-hybridized carbons (Fsp3) is 0.0714. The maximum absolute atomic E-state index is 12.4. The van der Waals surface area contributed by atoms with Gasteiger partial charge in [-0.2, -0.15) is 0 Å². The molecule has 3 rings (SSSR count). The Labute approximate surface area is 207 Å². The van der Waals surface area contributed by atoms with Crippen molar-refractivity contribution in [3.8, 4) is 11.5 Å². The summed E-state index contributed by atoms with van der Waals surface area (Å²) < 4.78 is 20.6. The first kappa shape index (κ1) is 25.6. The van der Waals surface area contributed by atoms with Crippen LogP contribution in [-0.4, -0.2) is 23.9 Å². The van der Waals surface area contributed by atoms with Crippen molar-refractivity contribution in [2.75, 3.05) is 0 Å². The van der Waals surface area contributed by atoms with Crippen molar-refractivity contribution in [3.63, 3.8) is 0 Å². The molecule has 0 spiro atoms. The molecule has 0 radical (unpaired) electrons. The Morgan fingerprint density at radius 1 is 0.556 bits per heavy atom. The first-order valence-corrected chi connectivity index (χ1v) is 10.7. The van der Waals surface area contributed by atoms with E-state index in [0.29, 0.717) is 22.3 Å². The van der Waals surface area contributed by atoms with Gasteiger partial charge in [-0.15, -0.1) is 0 Å². The number of benzene rings is 3. The molecule has 0 unspecified atom stereocenters. The topological polar surface area (TPSA) is 105 Å². The van der Waals surface area contributed by atoms with Gasteiger partial charge in [-0.05, 0) is 59.7 Å². The summed E-state index contributed by atoms with van der Waals surface area (Å²) >= 11 is 0. The molecule has 0 bridgehead atoms. The van der Waals surface area contributed by atoms with E-state index in [0.717, 1.165) is 12.2 Å². The van der Waals surface area contributed by atoms with E-state index in [1.54, 1.807) is 48.5 Å². The molecule has 36 heavy (non-hydrogen) atoms. The Morgan fingerprint density at radius 2 is 0.889 bits per heavy atom. The molecule has 8 nitrogen and oxygen atoms in total. The molecule has 0 saturated heterocycles. The summed E-state index contributed by atoms with van der Waals surface area (Å²) in [6.45, 7) is 6.78. The Bertz CT molecular complexity index is 1160. The zero-order valence-electron chi connectivity index (χ0n) is 19.2. The molecular weight excluding hydrogens is 464 g/mol. The van der Waals surface area contributed by atoms with Gasteiger partial charge in [-0.25, -0.2) is 19.2 Å². The predicted molar refractivity (Wildman–Crippen MR) is 129 cm³/mol. The Balaban J connectivity index is 1.52. The molecule has 182 valence electrons. The fourth-order valence-electron chi connectivity index (χ4n) is 2.81. The molecule has 0 saturated carbocycles. The second-order valence-electron chi connectivity index (χ2n) is 7.27. The Hall–Kier alpha value is -4.98. The maximum Gasteiger partial charge on any atom is 0.343 e. The van der Waals surface area contributed by atoms with E-state index in [1.807, 2.05) is 0 Å². The number of rotatable bonds is 10. The quantitative estimate of drug-likeness (QED) is 0.233. The summed E-state index contributed by atoms with van der Waals surface area (Å²) in [6.07, 6.45) is 2.14. The Morgan fingerprint density at radius 3 is 1.19 bits per heavy atom. The average Bonchev–Trinajstić information content (AvgIpc) is 2.91. The lowest BCUT2D eigenvalue weighted by Crippen LogP contribution is -2.10. The molecule has 0 aliphatic carbocycles. The van der Waals surface area contributed by atoms with Gasteiger partial charge in [0.05, 0.1) is 11.1 Å². The van der Waals surface area contributed by atoms with Crippen LogP contribution in [0.25, 0.3) is 0 Å². The number of ether oxygens (including phenoxy) is 4. The van der Waals surface area contributed by atoms with Crippen LogP contribution in [-0.2, 0) is 32.3 Å². The number of esters is 4. The third kappa shape index (κ3) is 7.53. The van der Waals surface area contributed by atoms with Crippen molar-refractivity contribution < 1.29 is 38.1 Å². The Kier molecular flexibility index (Phi) is 8.88. The van der Waals surface area contributed by atoms with E-state index >= 15 is 0 Å². The minimum absolute atomic E-state index is 0.0651. The molecule has 0 aliphatic rings. The molecule has 0 fully saturated rings. The molecule has 0 N–H and O–H groups in total. The molecule has 0 aliphatic heterocycles. The van der Waals surface area contributed by atoms with Gasteiger partial charge in [0.25, 0.3) is 0 Å². The van der Waals surface area contributed by atoms with E-state index in [2.05, 4.69) is 13.2 Å². The van der Waals surface area contributed by atoms with E-state index in [-0.39, 0.29) is 24.7 Å². The second-order valence-corrected chi connectivity index (χ2v) is 7.27. The number of hydrogen-bond donors (Lipinski definition) is 0. The van der Waals surface area contributed by atoms with Crippen LogP contribution in [0.1, 0.15) is 31.8 Å². The van der Waals surface area contributed by atoms with Gasteiger partial charge in [-0.1, -0.05) is 37.4 Å². The van der Waals surface area contributed by atoms with E-state index in [9.17, 15) is 19.2 Å². The van der Waals surface area contributed by atoms with Crippen LogP contribution in [0.4, 0.5) is 0 Å². The lowest BCUT2D eigenvalue weighted by molar-refractivity contribution is -0.139. The van der Waals surface area contributed by atoms with Crippen LogP contribution < -0.4 is 9.47 Å². The van der Waals surface area contributed by atoms with Gasteiger partial charge in [0.2, 0.25) is 0 Å². The maximum atomic E-state index is 12.4. The summed E-state index contributed by atoms with van der Waals surface area (Å²) in [6, 6.07) is 18.8. The van der Waals surface area contributed by atoms with Gasteiger partial charge in [0.1, 0.15) is 24.7 Å². The van der Waals surface area contributed by atoms with E-state index in [4.69, 9.17) is 18.9 Å². The summed E-state index contributed by atoms with van der Waals surface area (Å²) in [5.74, 6) is -1.69. The normalized spacial score (nSPS) is 10.0. The molecule has 3 aromatic rings. The van der Waals surface area contributed by atoms with Crippen LogP contribution in [0, 0.1) is 0 Å². The van der Waals surface area contributed by atoms with Gasteiger partial charge in [-0.3, -0.25) is 0 Å². The largest absolute Gasteiger partial charge is 0.458 e. The number of carbonyl (C=O) groups is 4. The van der Waals surface area contributed by atoms with Crippen LogP contribution in [0.2, 0.25) is 0 Å². The highest BCUT2D eigenvalue weighted by atomic mass is 16.5. The fourth-order valence-corrected chi connectivity index (χ4v) is 2.81. The highest BCUT2D eigenvalue weighted by Gasteiger charge is 2.12. The van der Waals surface area contributed by atoms with Crippen molar-refractivity contribution in [1.29, 1.82) is 0 Å². The summed E-state index contributed by atoms with van der Waals surface area (Å²) in [7, 11) is 0. The zero-order chi connectivity index (χ0) is 25.9. The van der Waals surface area contributed by atoms with Crippen LogP contribution in [0.15, 0.2) is 98.1 Å². The standard InChI is InChI=1S/C28H22O8/c1-3-25(29)33-17-19-5-9-21(10-6-19)27(31)35-23-13-15-24(16-14-23)36-28(32)22-11-7-20(8-12-22)18-34-26(30)4-2/h3-16H,1-2,17-18H2. The SMILES string of the molecule is C=CC(=O)OCc1ccc(C(=O)Oc2ccc(OC(=O)c3ccc(COC(=O)C=C)cc3)cc2)cc1. The highest BCUT2D eigenvalue weighted by Crippen LogP contribution is 2.20. The van der Waals surface area contributed by atoms with Gasteiger partial charge < -0.3 is 18.9 Å². The van der Waals surface area contributed by atoms with Crippen molar-refractivity contribution in [3.05, 3.63) is 120 Å². The van der Waals surface area contributed by atoms with Crippen molar-refractivity contribution in [1.82, 2.24) is 0 Å². The number of carbonyl (C=O) groups excluding carboxylic acids is 4. The van der Waals surface area contributed by atoms with E-state index in [1.165, 1.54) is 24.3 Å². The average molecular weight is 486 g/mol. The first-order valence-electron chi connectivity index (χ1n) is 10.7. The van der Waals surface area contributed by atoms with Gasteiger partial charge in [0, 0.05) is 12.2 Å². The lowest BCUT2D eigenvalue weighted by atomic mass is 10.1. The molecule has 0 atom stereocenters. The molecule has 3 aromatic carbocycles. The van der Waals surface area contributed by atoms with E-state index < -0.39 is 23.9 Å². The van der Waals surface area contributed by atoms with Crippen molar-refractivity contribution >= 4 is 23.9 Å². The predicted octanol–water partition coefficient (Wildman–Crippen LogP) is 4.58. The number of hydrogen-bond acceptors (Lipinski definition) is 8. The van der Waals surface area contributed by atoms with Crippen molar-refractivity contribution in [2.24, 2.45) is 0 Å². The molecule has 0 aromatic heterocycles. The molecule has 0 amide bonds. The molecule has 8 heteroatoms. The third-order valence-corrected chi connectivity index (χ3v) is 4.72. The molecular formula is C28H22O8. The second kappa shape index (κ2) is 12.5. The smallest absolute Gasteiger partial charge is 0.343 e. The monoisotopic (exact) mass is 486 g/mol. The third-order valence-electron chi connectivity index (χ3n) is 4.72. The molecule has 0 heterocycles. The summed E-state index contributed by atoms with van der Waals surface area (Å²) in [5, 5.41) is 0. The van der Waals surface area contributed by atoms with Gasteiger partial charge in [0.15, 0.2) is 0 Å². The zero-order valence-corrected chi connectivity index (χ0v) is 19.2.